The summed E-state index contributed by atoms with van der Waals surface area (Å²) in [6.45, 7) is -0.507. The van der Waals surface area contributed by atoms with Crippen molar-refractivity contribution in [3.05, 3.63) is 58.1 Å². The van der Waals surface area contributed by atoms with Crippen molar-refractivity contribution >= 4 is 23.3 Å². The number of nitro benzene ring substituents is 1. The van der Waals surface area contributed by atoms with Crippen LogP contribution in [0.3, 0.4) is 0 Å². The van der Waals surface area contributed by atoms with Crippen LogP contribution in [0.15, 0.2) is 42.5 Å². The van der Waals surface area contributed by atoms with Crippen LogP contribution >= 0.6 is 0 Å². The monoisotopic (exact) mass is 388 g/mol. The lowest BCUT2D eigenvalue weighted by atomic mass is 10.1. The molecule has 1 amide bonds. The molecule has 28 heavy (non-hydrogen) atoms. The summed E-state index contributed by atoms with van der Waals surface area (Å²) in [4.78, 5) is 34.1. The molecule has 0 fully saturated rings. The minimum atomic E-state index is -0.628. The Balaban J connectivity index is 1.83. The zero-order valence-corrected chi connectivity index (χ0v) is 15.5. The first-order chi connectivity index (χ1) is 13.4. The molecule has 0 saturated heterocycles. The lowest BCUT2D eigenvalue weighted by molar-refractivity contribution is -0.384. The van der Waals surface area contributed by atoms with Crippen LogP contribution in [0.2, 0.25) is 0 Å². The van der Waals surface area contributed by atoms with Gasteiger partial charge in [-0.15, -0.1) is 0 Å². The molecule has 0 heterocycles. The molecule has 0 aromatic heterocycles. The quantitative estimate of drug-likeness (QED) is 0.399. The minimum Gasteiger partial charge on any atom is -0.497 e. The average Bonchev–Trinajstić information content (AvgIpc) is 2.71. The number of hydrogen-bond acceptors (Lipinski definition) is 7. The van der Waals surface area contributed by atoms with Crippen molar-refractivity contribution in [3.8, 4) is 11.5 Å². The number of anilines is 1. The summed E-state index contributed by atoms with van der Waals surface area (Å²) in [5.74, 6) is -0.182. The zero-order valence-electron chi connectivity index (χ0n) is 15.5. The summed E-state index contributed by atoms with van der Waals surface area (Å²) in [6.07, 6.45) is 0.572. The van der Waals surface area contributed by atoms with Crippen molar-refractivity contribution < 1.29 is 28.7 Å². The Hall–Kier alpha value is -3.62. The highest BCUT2D eigenvalue weighted by molar-refractivity contribution is 5.94. The van der Waals surface area contributed by atoms with E-state index in [0.29, 0.717) is 6.42 Å². The van der Waals surface area contributed by atoms with Gasteiger partial charge >= 0.3 is 5.97 Å². The number of nitro groups is 1. The van der Waals surface area contributed by atoms with Crippen LogP contribution in [-0.2, 0) is 20.7 Å². The smallest absolute Gasteiger partial charge is 0.306 e. The number of nitrogens with one attached hydrogen (secondary N) is 1. The normalized spacial score (nSPS) is 10.1. The largest absolute Gasteiger partial charge is 0.497 e. The number of aryl methyl sites for hydroxylation is 1. The number of non-ortho nitro benzene ring substituents is 1. The van der Waals surface area contributed by atoms with Gasteiger partial charge in [0.15, 0.2) is 6.61 Å². The Morgan fingerprint density at radius 1 is 1.07 bits per heavy atom. The molecule has 0 bridgehead atoms. The van der Waals surface area contributed by atoms with Gasteiger partial charge in [0.25, 0.3) is 11.6 Å². The predicted molar refractivity (Wildman–Crippen MR) is 101 cm³/mol. The SMILES string of the molecule is COc1ccc(CCC(=O)OCC(=O)Nc2cc([N+](=O)[O-])ccc2OC)cc1. The second-order valence-corrected chi connectivity index (χ2v) is 5.70. The molecule has 1 N–H and O–H groups in total. The van der Waals surface area contributed by atoms with E-state index in [4.69, 9.17) is 14.2 Å². The van der Waals surface area contributed by atoms with Crippen LogP contribution in [0, 0.1) is 10.1 Å². The van der Waals surface area contributed by atoms with Crippen molar-refractivity contribution in [2.45, 2.75) is 12.8 Å². The molecule has 0 radical (unpaired) electrons. The lowest BCUT2D eigenvalue weighted by Gasteiger charge is -2.10. The Morgan fingerprint density at radius 3 is 2.39 bits per heavy atom. The number of methoxy groups -OCH3 is 2. The number of benzene rings is 2. The molecule has 0 unspecified atom stereocenters. The predicted octanol–water partition coefficient (Wildman–Crippen LogP) is 2.73. The summed E-state index contributed by atoms with van der Waals surface area (Å²) in [7, 11) is 2.94. The fraction of sp³-hybridized carbons (Fsp3) is 0.263. The summed E-state index contributed by atoms with van der Waals surface area (Å²) in [5, 5.41) is 13.3. The Kier molecular flexibility index (Phi) is 7.32. The zero-order chi connectivity index (χ0) is 20.5. The molecule has 9 heteroatoms. The summed E-state index contributed by atoms with van der Waals surface area (Å²) < 4.78 is 15.1. The molecule has 0 aliphatic rings. The molecule has 0 atom stereocenters. The van der Waals surface area contributed by atoms with Gasteiger partial charge in [-0.25, -0.2) is 0 Å². The maximum atomic E-state index is 12.0. The highest BCUT2D eigenvalue weighted by Crippen LogP contribution is 2.28. The number of amides is 1. The average molecular weight is 388 g/mol. The molecule has 0 saturated carbocycles. The molecule has 2 aromatic carbocycles. The molecule has 2 rings (SSSR count). The summed E-state index contributed by atoms with van der Waals surface area (Å²) >= 11 is 0. The van der Waals surface area contributed by atoms with E-state index in [-0.39, 0.29) is 23.5 Å². The Bertz CT molecular complexity index is 850. The first kappa shape index (κ1) is 20.7. The van der Waals surface area contributed by atoms with E-state index in [1.54, 1.807) is 19.2 Å². The number of rotatable bonds is 9. The van der Waals surface area contributed by atoms with Crippen LogP contribution in [0.4, 0.5) is 11.4 Å². The maximum Gasteiger partial charge on any atom is 0.306 e. The van der Waals surface area contributed by atoms with Gasteiger partial charge in [0.2, 0.25) is 0 Å². The number of nitrogens with zero attached hydrogens (tertiary/aromatic N) is 1. The summed E-state index contributed by atoms with van der Waals surface area (Å²) in [6, 6.07) is 11.1. The number of carbonyl (C=O) groups excluding carboxylic acids is 2. The van der Waals surface area contributed by atoms with Crippen molar-refractivity contribution in [1.82, 2.24) is 0 Å². The van der Waals surface area contributed by atoms with E-state index in [2.05, 4.69) is 5.32 Å². The molecule has 0 aliphatic carbocycles. The first-order valence-electron chi connectivity index (χ1n) is 8.33. The van der Waals surface area contributed by atoms with Gasteiger partial charge in [-0.3, -0.25) is 19.7 Å². The number of esters is 1. The molecule has 9 nitrogen and oxygen atoms in total. The maximum absolute atomic E-state index is 12.0. The summed E-state index contributed by atoms with van der Waals surface area (Å²) in [5.41, 5.74) is 0.854. The molecular formula is C19H20N2O7. The second-order valence-electron chi connectivity index (χ2n) is 5.70. The third-order valence-electron chi connectivity index (χ3n) is 3.81. The topological polar surface area (TPSA) is 117 Å². The lowest BCUT2D eigenvalue weighted by Crippen LogP contribution is -2.21. The van der Waals surface area contributed by atoms with Crippen LogP contribution in [0.25, 0.3) is 0 Å². The highest BCUT2D eigenvalue weighted by Gasteiger charge is 2.15. The van der Waals surface area contributed by atoms with Crippen LogP contribution < -0.4 is 14.8 Å². The Labute approximate surface area is 161 Å². The first-order valence-corrected chi connectivity index (χ1v) is 8.33. The Morgan fingerprint density at radius 2 is 1.79 bits per heavy atom. The third kappa shape index (κ3) is 5.97. The molecule has 2 aromatic rings. The molecular weight excluding hydrogens is 368 g/mol. The van der Waals surface area contributed by atoms with Gasteiger partial charge in [0, 0.05) is 18.6 Å². The van der Waals surface area contributed by atoms with Crippen molar-refractivity contribution in [1.29, 1.82) is 0 Å². The van der Waals surface area contributed by atoms with Crippen molar-refractivity contribution in [2.24, 2.45) is 0 Å². The van der Waals surface area contributed by atoms with Gasteiger partial charge in [0.1, 0.15) is 11.5 Å². The minimum absolute atomic E-state index is 0.111. The van der Waals surface area contributed by atoms with Crippen molar-refractivity contribution in [2.75, 3.05) is 26.1 Å². The van der Waals surface area contributed by atoms with E-state index in [0.717, 1.165) is 11.3 Å². The van der Waals surface area contributed by atoms with E-state index < -0.39 is 23.4 Å². The highest BCUT2D eigenvalue weighted by atomic mass is 16.6. The fourth-order valence-electron chi connectivity index (χ4n) is 2.35. The number of carbonyl (C=O) groups is 2. The second kappa shape index (κ2) is 9.91. The van der Waals surface area contributed by atoms with Gasteiger partial charge in [-0.1, -0.05) is 12.1 Å². The van der Waals surface area contributed by atoms with Crippen LogP contribution in [0.5, 0.6) is 11.5 Å². The van der Waals surface area contributed by atoms with Gasteiger partial charge in [0.05, 0.1) is 24.8 Å². The van der Waals surface area contributed by atoms with E-state index in [9.17, 15) is 19.7 Å². The van der Waals surface area contributed by atoms with Crippen LogP contribution in [-0.4, -0.2) is 37.6 Å². The number of hydrogen-bond donors (Lipinski definition) is 1. The van der Waals surface area contributed by atoms with E-state index in [1.807, 2.05) is 12.1 Å². The van der Waals surface area contributed by atoms with E-state index in [1.165, 1.54) is 25.3 Å². The van der Waals surface area contributed by atoms with Gasteiger partial charge in [-0.05, 0) is 30.2 Å². The van der Waals surface area contributed by atoms with Crippen LogP contribution in [0.1, 0.15) is 12.0 Å². The standard InChI is InChI=1S/C19H20N2O7/c1-26-15-7-3-13(4-8-15)5-10-19(23)28-12-18(22)20-16-11-14(21(24)25)6-9-17(16)27-2/h3-4,6-9,11H,5,10,12H2,1-2H3,(H,20,22). The molecule has 0 aliphatic heterocycles. The molecule has 0 spiro atoms. The third-order valence-corrected chi connectivity index (χ3v) is 3.81. The molecule has 148 valence electrons. The van der Waals surface area contributed by atoms with Gasteiger partial charge < -0.3 is 19.5 Å². The van der Waals surface area contributed by atoms with Crippen molar-refractivity contribution in [3.63, 3.8) is 0 Å². The van der Waals surface area contributed by atoms with E-state index >= 15 is 0 Å². The fourth-order valence-corrected chi connectivity index (χ4v) is 2.35. The number of ether oxygens (including phenoxy) is 3. The van der Waals surface area contributed by atoms with Gasteiger partial charge in [-0.2, -0.15) is 0 Å².